The number of fused-ring (bicyclic) bond motifs is 1. The molecule has 0 spiro atoms. The van der Waals surface area contributed by atoms with Gasteiger partial charge in [-0.1, -0.05) is 37.7 Å². The molecule has 0 aliphatic rings. The minimum absolute atomic E-state index is 0.565. The van der Waals surface area contributed by atoms with Crippen LogP contribution in [-0.4, -0.2) is 15.9 Å². The van der Waals surface area contributed by atoms with Crippen molar-refractivity contribution in [1.29, 1.82) is 0 Å². The zero-order valence-electron chi connectivity index (χ0n) is 12.2. The van der Waals surface area contributed by atoms with Gasteiger partial charge in [-0.05, 0) is 30.2 Å². The van der Waals surface area contributed by atoms with Crippen molar-refractivity contribution < 1.29 is 0 Å². The Balaban J connectivity index is 1.89. The molecule has 0 unspecified atom stereocenters. The van der Waals surface area contributed by atoms with Crippen LogP contribution in [0.15, 0.2) is 45.8 Å². The molecule has 21 heavy (non-hydrogen) atoms. The molecule has 1 aromatic carbocycles. The molecule has 2 N–H and O–H groups in total. The summed E-state index contributed by atoms with van der Waals surface area (Å²) in [5, 5.41) is 3.14. The number of hydrogen-bond donors (Lipinski definition) is 1. The van der Waals surface area contributed by atoms with E-state index in [0.29, 0.717) is 12.5 Å². The van der Waals surface area contributed by atoms with Crippen LogP contribution in [0.5, 0.6) is 0 Å². The van der Waals surface area contributed by atoms with E-state index in [4.69, 9.17) is 10.7 Å². The molecular formula is C16H19N3S2. The van der Waals surface area contributed by atoms with Gasteiger partial charge in [-0.3, -0.25) is 4.40 Å². The molecule has 0 atom stereocenters. The molecule has 0 saturated carbocycles. The van der Waals surface area contributed by atoms with E-state index in [9.17, 15) is 0 Å². The van der Waals surface area contributed by atoms with Crippen molar-refractivity contribution in [3.05, 3.63) is 47.1 Å². The standard InChI is InChI=1S/C16H19N3S2/c1-11(2)12-3-5-13(6-4-12)21-15-14(7-8-17)19-9-10-20-16(19)18-15/h3-6,9-11H,7-8,17H2,1-2H3. The second kappa shape index (κ2) is 6.22. The zero-order valence-corrected chi connectivity index (χ0v) is 13.9. The highest BCUT2D eigenvalue weighted by Gasteiger charge is 2.13. The van der Waals surface area contributed by atoms with Crippen LogP contribution in [0, 0.1) is 0 Å². The summed E-state index contributed by atoms with van der Waals surface area (Å²) in [4.78, 5) is 7.00. The third kappa shape index (κ3) is 3.00. The van der Waals surface area contributed by atoms with Crippen LogP contribution in [0.2, 0.25) is 0 Å². The summed E-state index contributed by atoms with van der Waals surface area (Å²) >= 11 is 3.39. The maximum atomic E-state index is 5.75. The number of hydrogen-bond acceptors (Lipinski definition) is 4. The van der Waals surface area contributed by atoms with E-state index in [1.165, 1.54) is 16.2 Å². The first-order valence-electron chi connectivity index (χ1n) is 7.11. The first-order valence-corrected chi connectivity index (χ1v) is 8.81. The Morgan fingerprint density at radius 1 is 1.29 bits per heavy atom. The lowest BCUT2D eigenvalue weighted by Crippen LogP contribution is -2.05. The first-order chi connectivity index (χ1) is 10.2. The molecule has 5 heteroatoms. The number of nitrogens with two attached hydrogens (primary N) is 1. The minimum atomic E-state index is 0.565. The third-order valence-corrected chi connectivity index (χ3v) is 5.25. The van der Waals surface area contributed by atoms with Crippen LogP contribution in [0.4, 0.5) is 0 Å². The van der Waals surface area contributed by atoms with Crippen LogP contribution >= 0.6 is 23.1 Å². The summed E-state index contributed by atoms with van der Waals surface area (Å²) in [6.07, 6.45) is 2.92. The van der Waals surface area contributed by atoms with E-state index in [2.05, 4.69) is 54.1 Å². The quantitative estimate of drug-likeness (QED) is 0.768. The average Bonchev–Trinajstić information content (AvgIpc) is 3.03. The number of aromatic nitrogens is 2. The molecule has 0 aliphatic carbocycles. The normalized spacial score (nSPS) is 11.6. The fourth-order valence-corrected chi connectivity index (χ4v) is 4.03. The molecule has 0 amide bonds. The van der Waals surface area contributed by atoms with E-state index in [0.717, 1.165) is 16.4 Å². The lowest BCUT2D eigenvalue weighted by Gasteiger charge is -2.07. The number of nitrogens with zero attached hydrogens (tertiary/aromatic N) is 2. The SMILES string of the molecule is CC(C)c1ccc(Sc2nc3sccn3c2CCN)cc1. The summed E-state index contributed by atoms with van der Waals surface area (Å²) in [7, 11) is 0. The molecule has 0 radical (unpaired) electrons. The third-order valence-electron chi connectivity index (χ3n) is 3.47. The Bertz CT molecular complexity index is 726. The fourth-order valence-electron chi connectivity index (χ4n) is 2.29. The molecule has 3 nitrogen and oxygen atoms in total. The molecule has 0 fully saturated rings. The molecule has 0 aliphatic heterocycles. The van der Waals surface area contributed by atoms with Crippen LogP contribution in [-0.2, 0) is 6.42 Å². The molecule has 0 bridgehead atoms. The summed E-state index contributed by atoms with van der Waals surface area (Å²) < 4.78 is 2.16. The Kier molecular flexibility index (Phi) is 4.33. The highest BCUT2D eigenvalue weighted by Crippen LogP contribution is 2.32. The van der Waals surface area contributed by atoms with E-state index in [1.807, 2.05) is 0 Å². The number of rotatable bonds is 5. The molecule has 110 valence electrons. The highest BCUT2D eigenvalue weighted by atomic mass is 32.2. The van der Waals surface area contributed by atoms with Crippen LogP contribution < -0.4 is 5.73 Å². The average molecular weight is 317 g/mol. The largest absolute Gasteiger partial charge is 0.330 e. The Hall–Kier alpha value is -1.30. The fraction of sp³-hybridized carbons (Fsp3) is 0.312. The maximum absolute atomic E-state index is 5.75. The first kappa shape index (κ1) is 14.6. The van der Waals surface area contributed by atoms with Crippen molar-refractivity contribution in [3.63, 3.8) is 0 Å². The van der Waals surface area contributed by atoms with Gasteiger partial charge in [-0.25, -0.2) is 4.98 Å². The molecule has 3 rings (SSSR count). The number of imidazole rings is 1. The Labute approximate surface area is 133 Å². The van der Waals surface area contributed by atoms with E-state index in [-0.39, 0.29) is 0 Å². The predicted molar refractivity (Wildman–Crippen MR) is 90.5 cm³/mol. The number of benzene rings is 1. The zero-order chi connectivity index (χ0) is 14.8. The smallest absolute Gasteiger partial charge is 0.194 e. The van der Waals surface area contributed by atoms with Gasteiger partial charge in [-0.2, -0.15) is 0 Å². The second-order valence-corrected chi connectivity index (χ2v) is 7.22. The van der Waals surface area contributed by atoms with Crippen molar-refractivity contribution in [2.45, 2.75) is 36.1 Å². The van der Waals surface area contributed by atoms with Crippen molar-refractivity contribution in [2.24, 2.45) is 5.73 Å². The van der Waals surface area contributed by atoms with Gasteiger partial charge < -0.3 is 5.73 Å². The highest BCUT2D eigenvalue weighted by molar-refractivity contribution is 7.99. The lowest BCUT2D eigenvalue weighted by atomic mass is 10.0. The van der Waals surface area contributed by atoms with Gasteiger partial charge in [0.15, 0.2) is 4.96 Å². The van der Waals surface area contributed by atoms with Gasteiger partial charge in [0.1, 0.15) is 5.03 Å². The predicted octanol–water partition coefficient (Wildman–Crippen LogP) is 4.17. The van der Waals surface area contributed by atoms with Crippen LogP contribution in [0.1, 0.15) is 31.0 Å². The van der Waals surface area contributed by atoms with Gasteiger partial charge in [0.05, 0.1) is 5.69 Å². The molecule has 2 aromatic heterocycles. The van der Waals surface area contributed by atoms with Gasteiger partial charge in [0, 0.05) is 22.9 Å². The summed E-state index contributed by atoms with van der Waals surface area (Å²) in [6.45, 7) is 5.07. The minimum Gasteiger partial charge on any atom is -0.330 e. The van der Waals surface area contributed by atoms with Gasteiger partial charge in [-0.15, -0.1) is 11.3 Å². The van der Waals surface area contributed by atoms with Crippen molar-refractivity contribution >= 4 is 28.1 Å². The topological polar surface area (TPSA) is 43.3 Å². The van der Waals surface area contributed by atoms with Crippen LogP contribution in [0.25, 0.3) is 4.96 Å². The summed E-state index contributed by atoms with van der Waals surface area (Å²) in [5.74, 6) is 0.565. The Morgan fingerprint density at radius 3 is 2.71 bits per heavy atom. The number of thiazole rings is 1. The van der Waals surface area contributed by atoms with Gasteiger partial charge >= 0.3 is 0 Å². The van der Waals surface area contributed by atoms with Crippen molar-refractivity contribution in [2.75, 3.05) is 6.54 Å². The Morgan fingerprint density at radius 2 is 2.05 bits per heavy atom. The van der Waals surface area contributed by atoms with Gasteiger partial charge in [0.2, 0.25) is 0 Å². The van der Waals surface area contributed by atoms with Crippen molar-refractivity contribution in [1.82, 2.24) is 9.38 Å². The molecular weight excluding hydrogens is 298 g/mol. The second-order valence-electron chi connectivity index (χ2n) is 5.28. The molecule has 0 saturated heterocycles. The summed E-state index contributed by atoms with van der Waals surface area (Å²) in [5.41, 5.74) is 8.33. The monoisotopic (exact) mass is 317 g/mol. The van der Waals surface area contributed by atoms with E-state index >= 15 is 0 Å². The lowest BCUT2D eigenvalue weighted by molar-refractivity contribution is 0.864. The molecule has 2 heterocycles. The summed E-state index contributed by atoms with van der Waals surface area (Å²) in [6, 6.07) is 8.77. The van der Waals surface area contributed by atoms with Crippen LogP contribution in [0.3, 0.4) is 0 Å². The van der Waals surface area contributed by atoms with E-state index < -0.39 is 0 Å². The van der Waals surface area contributed by atoms with Crippen molar-refractivity contribution in [3.8, 4) is 0 Å². The van der Waals surface area contributed by atoms with Gasteiger partial charge in [0.25, 0.3) is 0 Å². The van der Waals surface area contributed by atoms with E-state index in [1.54, 1.807) is 23.1 Å². The maximum Gasteiger partial charge on any atom is 0.194 e. The molecule has 3 aromatic rings.